The normalized spacial score (nSPS) is 10.5. The van der Waals surface area contributed by atoms with Gasteiger partial charge in [0.1, 0.15) is 0 Å². The van der Waals surface area contributed by atoms with Crippen molar-refractivity contribution in [2.45, 2.75) is 33.2 Å². The molecule has 2 N–H and O–H groups in total. The van der Waals surface area contributed by atoms with Crippen molar-refractivity contribution in [2.24, 2.45) is 7.05 Å². The van der Waals surface area contributed by atoms with E-state index >= 15 is 0 Å². The Bertz CT molecular complexity index is 392. The van der Waals surface area contributed by atoms with Gasteiger partial charge in [0, 0.05) is 45.1 Å². The van der Waals surface area contributed by atoms with Gasteiger partial charge in [0.05, 0.1) is 5.69 Å². The first-order valence-electron chi connectivity index (χ1n) is 6.78. The predicted molar refractivity (Wildman–Crippen MR) is 81.1 cm³/mol. The zero-order valence-corrected chi connectivity index (χ0v) is 12.8. The summed E-state index contributed by atoms with van der Waals surface area (Å²) < 4.78 is 7.10. The van der Waals surface area contributed by atoms with Crippen LogP contribution in [0.2, 0.25) is 0 Å². The van der Waals surface area contributed by atoms with Crippen LogP contribution >= 0.6 is 12.2 Å². The van der Waals surface area contributed by atoms with Crippen molar-refractivity contribution in [1.29, 1.82) is 0 Å². The average molecular weight is 284 g/mol. The Morgan fingerprint density at radius 3 is 2.89 bits per heavy atom. The van der Waals surface area contributed by atoms with Crippen LogP contribution in [0.3, 0.4) is 0 Å². The summed E-state index contributed by atoms with van der Waals surface area (Å²) in [7, 11) is 1.94. The van der Waals surface area contributed by atoms with E-state index in [1.807, 2.05) is 24.9 Å². The molecular formula is C13H24N4OS. The molecule has 0 aliphatic heterocycles. The highest BCUT2D eigenvalue weighted by molar-refractivity contribution is 7.80. The first-order chi connectivity index (χ1) is 9.17. The van der Waals surface area contributed by atoms with Crippen molar-refractivity contribution in [3.05, 3.63) is 17.5 Å². The predicted octanol–water partition coefficient (Wildman–Crippen LogP) is 1.37. The summed E-state index contributed by atoms with van der Waals surface area (Å²) in [5, 5.41) is 11.5. The third kappa shape index (κ3) is 6.02. The van der Waals surface area contributed by atoms with Gasteiger partial charge in [0.15, 0.2) is 5.11 Å². The number of aromatic nitrogens is 2. The number of nitrogens with zero attached hydrogens (tertiary/aromatic N) is 2. The molecule has 0 atom stereocenters. The molecule has 0 aromatic carbocycles. The lowest BCUT2D eigenvalue weighted by Crippen LogP contribution is -2.35. The first kappa shape index (κ1) is 15.9. The van der Waals surface area contributed by atoms with Crippen LogP contribution in [0, 0.1) is 0 Å². The fourth-order valence-electron chi connectivity index (χ4n) is 1.79. The number of aryl methyl sites for hydroxylation is 2. The molecule has 1 heterocycles. The fourth-order valence-corrected chi connectivity index (χ4v) is 1.96. The third-order valence-corrected chi connectivity index (χ3v) is 3.01. The molecule has 0 bridgehead atoms. The first-order valence-corrected chi connectivity index (χ1v) is 7.19. The Kier molecular flexibility index (Phi) is 7.43. The van der Waals surface area contributed by atoms with E-state index in [4.69, 9.17) is 17.0 Å². The van der Waals surface area contributed by atoms with E-state index in [-0.39, 0.29) is 0 Å². The van der Waals surface area contributed by atoms with Crippen LogP contribution in [0.1, 0.15) is 31.5 Å². The van der Waals surface area contributed by atoms with Crippen molar-refractivity contribution in [1.82, 2.24) is 20.4 Å². The molecule has 6 heteroatoms. The summed E-state index contributed by atoms with van der Waals surface area (Å²) >= 11 is 5.23. The number of hydrogen-bond donors (Lipinski definition) is 2. The van der Waals surface area contributed by atoms with E-state index in [2.05, 4.69) is 22.7 Å². The van der Waals surface area contributed by atoms with Crippen LogP contribution in [0.5, 0.6) is 0 Å². The molecule has 0 saturated heterocycles. The summed E-state index contributed by atoms with van der Waals surface area (Å²) in [5.74, 6) is 0. The molecule has 0 unspecified atom stereocenters. The molecule has 5 nitrogen and oxygen atoms in total. The second-order valence-corrected chi connectivity index (χ2v) is 4.70. The van der Waals surface area contributed by atoms with Gasteiger partial charge in [0.2, 0.25) is 0 Å². The lowest BCUT2D eigenvalue weighted by atomic mass is 10.2. The van der Waals surface area contributed by atoms with E-state index in [1.165, 1.54) is 5.56 Å². The summed E-state index contributed by atoms with van der Waals surface area (Å²) in [6.07, 6.45) is 3.93. The van der Waals surface area contributed by atoms with Crippen molar-refractivity contribution in [3.63, 3.8) is 0 Å². The number of ether oxygens (including phenoxy) is 1. The van der Waals surface area contributed by atoms with Crippen LogP contribution in [0.15, 0.2) is 6.20 Å². The molecule has 0 amide bonds. The Morgan fingerprint density at radius 1 is 1.42 bits per heavy atom. The molecular weight excluding hydrogens is 260 g/mol. The van der Waals surface area contributed by atoms with Crippen LogP contribution in [0.25, 0.3) is 0 Å². The van der Waals surface area contributed by atoms with Gasteiger partial charge in [-0.15, -0.1) is 0 Å². The Morgan fingerprint density at radius 2 is 2.21 bits per heavy atom. The van der Waals surface area contributed by atoms with Gasteiger partial charge in [-0.2, -0.15) is 5.10 Å². The molecule has 1 aromatic heterocycles. The molecule has 1 aromatic rings. The third-order valence-electron chi connectivity index (χ3n) is 2.72. The van der Waals surface area contributed by atoms with Gasteiger partial charge in [-0.05, 0) is 32.0 Å². The van der Waals surface area contributed by atoms with Crippen molar-refractivity contribution >= 4 is 17.3 Å². The highest BCUT2D eigenvalue weighted by Crippen LogP contribution is 2.06. The maximum atomic E-state index is 5.26. The minimum absolute atomic E-state index is 0.683. The fraction of sp³-hybridized carbons (Fsp3) is 0.692. The summed E-state index contributed by atoms with van der Waals surface area (Å²) in [6, 6.07) is 0. The monoisotopic (exact) mass is 284 g/mol. The SMILES string of the molecule is CCOCCCNC(=S)NCc1cn(C)nc1CC. The zero-order valence-electron chi connectivity index (χ0n) is 12.0. The molecule has 19 heavy (non-hydrogen) atoms. The van der Waals surface area contributed by atoms with E-state index < -0.39 is 0 Å². The smallest absolute Gasteiger partial charge is 0.166 e. The molecule has 108 valence electrons. The van der Waals surface area contributed by atoms with Crippen molar-refractivity contribution in [2.75, 3.05) is 19.8 Å². The van der Waals surface area contributed by atoms with E-state index in [9.17, 15) is 0 Å². The maximum absolute atomic E-state index is 5.26. The largest absolute Gasteiger partial charge is 0.382 e. The van der Waals surface area contributed by atoms with Gasteiger partial charge >= 0.3 is 0 Å². The molecule has 0 spiro atoms. The van der Waals surface area contributed by atoms with Crippen LogP contribution in [-0.2, 0) is 24.8 Å². The second-order valence-electron chi connectivity index (χ2n) is 4.29. The average Bonchev–Trinajstić information content (AvgIpc) is 2.76. The second kappa shape index (κ2) is 8.87. The van der Waals surface area contributed by atoms with Crippen LogP contribution in [-0.4, -0.2) is 34.7 Å². The van der Waals surface area contributed by atoms with Gasteiger partial charge in [-0.1, -0.05) is 6.92 Å². The van der Waals surface area contributed by atoms with Gasteiger partial charge in [0.25, 0.3) is 0 Å². The Balaban J connectivity index is 2.22. The van der Waals surface area contributed by atoms with E-state index in [0.29, 0.717) is 11.7 Å². The standard InChI is InChI=1S/C13H24N4OS/c1-4-12-11(10-17(3)16-12)9-15-13(19)14-7-6-8-18-5-2/h10H,4-9H2,1-3H3,(H2,14,15,19). The number of hydrogen-bond acceptors (Lipinski definition) is 3. The summed E-state index contributed by atoms with van der Waals surface area (Å²) in [5.41, 5.74) is 2.32. The lowest BCUT2D eigenvalue weighted by molar-refractivity contribution is 0.145. The number of rotatable bonds is 8. The molecule has 0 aliphatic rings. The molecule has 0 saturated carbocycles. The highest BCUT2D eigenvalue weighted by Gasteiger charge is 2.05. The minimum atomic E-state index is 0.683. The van der Waals surface area contributed by atoms with Crippen LogP contribution < -0.4 is 10.6 Å². The molecule has 1 rings (SSSR count). The van der Waals surface area contributed by atoms with Crippen LogP contribution in [0.4, 0.5) is 0 Å². The molecule has 0 radical (unpaired) electrons. The van der Waals surface area contributed by atoms with Crippen molar-refractivity contribution < 1.29 is 4.74 Å². The van der Waals surface area contributed by atoms with Gasteiger partial charge < -0.3 is 15.4 Å². The van der Waals surface area contributed by atoms with E-state index in [0.717, 1.165) is 38.3 Å². The van der Waals surface area contributed by atoms with Crippen molar-refractivity contribution in [3.8, 4) is 0 Å². The highest BCUT2D eigenvalue weighted by atomic mass is 32.1. The lowest BCUT2D eigenvalue weighted by Gasteiger charge is -2.10. The number of thiocarbonyl (C=S) groups is 1. The molecule has 0 aliphatic carbocycles. The Hall–Kier alpha value is -1.14. The summed E-state index contributed by atoms with van der Waals surface area (Å²) in [6.45, 7) is 7.20. The Labute approximate surface area is 120 Å². The van der Waals surface area contributed by atoms with Gasteiger partial charge in [-0.25, -0.2) is 0 Å². The van der Waals surface area contributed by atoms with E-state index in [1.54, 1.807) is 0 Å². The summed E-state index contributed by atoms with van der Waals surface area (Å²) in [4.78, 5) is 0. The molecule has 0 fully saturated rings. The topological polar surface area (TPSA) is 51.1 Å². The number of nitrogens with one attached hydrogen (secondary N) is 2. The van der Waals surface area contributed by atoms with Gasteiger partial charge in [-0.3, -0.25) is 4.68 Å². The minimum Gasteiger partial charge on any atom is -0.382 e. The zero-order chi connectivity index (χ0) is 14.1. The maximum Gasteiger partial charge on any atom is 0.166 e. The quantitative estimate of drug-likeness (QED) is 0.558.